The molecule has 0 aliphatic rings. The van der Waals surface area contributed by atoms with Crippen LogP contribution in [0.15, 0.2) is 52.6 Å². The lowest BCUT2D eigenvalue weighted by Gasteiger charge is -2.10. The van der Waals surface area contributed by atoms with Crippen molar-refractivity contribution in [3.05, 3.63) is 54.4 Å². The van der Waals surface area contributed by atoms with E-state index >= 15 is 0 Å². The summed E-state index contributed by atoms with van der Waals surface area (Å²) < 4.78 is 7.56. The van der Waals surface area contributed by atoms with Crippen LogP contribution in [-0.2, 0) is 13.1 Å². The maximum absolute atomic E-state index is 5.58. The molecular formula is C19H26IN7O. The minimum Gasteiger partial charge on any atom is -0.444 e. The van der Waals surface area contributed by atoms with Gasteiger partial charge in [-0.05, 0) is 31.9 Å². The molecule has 2 aromatic heterocycles. The molecule has 0 atom stereocenters. The van der Waals surface area contributed by atoms with Gasteiger partial charge in [0.1, 0.15) is 18.9 Å². The Morgan fingerprint density at radius 2 is 1.86 bits per heavy atom. The number of nitrogens with zero attached hydrogens (tertiary/aromatic N) is 5. The Labute approximate surface area is 181 Å². The van der Waals surface area contributed by atoms with Gasteiger partial charge in [-0.25, -0.2) is 4.98 Å². The predicted molar refractivity (Wildman–Crippen MR) is 120 cm³/mol. The molecule has 3 rings (SSSR count). The Balaban J connectivity index is 0.00000280. The molecule has 0 saturated carbocycles. The third kappa shape index (κ3) is 6.63. The van der Waals surface area contributed by atoms with Crippen LogP contribution in [-0.4, -0.2) is 39.3 Å². The first-order valence-electron chi connectivity index (χ1n) is 9.03. The van der Waals surface area contributed by atoms with Gasteiger partial charge in [0.05, 0.1) is 12.2 Å². The normalized spacial score (nSPS) is 11.1. The fourth-order valence-corrected chi connectivity index (χ4v) is 2.58. The van der Waals surface area contributed by atoms with E-state index in [-0.39, 0.29) is 24.0 Å². The Morgan fingerprint density at radius 1 is 1.11 bits per heavy atom. The zero-order chi connectivity index (χ0) is 18.9. The summed E-state index contributed by atoms with van der Waals surface area (Å²) in [5.74, 6) is 1.38. The summed E-state index contributed by atoms with van der Waals surface area (Å²) in [5, 5.41) is 14.2. The van der Waals surface area contributed by atoms with Gasteiger partial charge in [0, 0.05) is 25.7 Å². The molecule has 0 aliphatic heterocycles. The molecule has 0 saturated heterocycles. The van der Waals surface area contributed by atoms with E-state index in [2.05, 4.69) is 37.7 Å². The molecule has 1 aromatic carbocycles. The molecule has 0 amide bonds. The minimum absolute atomic E-state index is 0. The van der Waals surface area contributed by atoms with Gasteiger partial charge < -0.3 is 19.6 Å². The van der Waals surface area contributed by atoms with Crippen LogP contribution < -0.4 is 10.6 Å². The highest BCUT2D eigenvalue weighted by Crippen LogP contribution is 2.18. The summed E-state index contributed by atoms with van der Waals surface area (Å²) in [6.45, 7) is 4.37. The number of guanidine groups is 1. The molecule has 0 spiro atoms. The largest absolute Gasteiger partial charge is 0.444 e. The van der Waals surface area contributed by atoms with Crippen molar-refractivity contribution in [3.8, 4) is 11.5 Å². The van der Waals surface area contributed by atoms with Crippen LogP contribution in [0.25, 0.3) is 11.5 Å². The molecule has 9 heteroatoms. The summed E-state index contributed by atoms with van der Waals surface area (Å²) in [7, 11) is 1.76. The van der Waals surface area contributed by atoms with Crippen LogP contribution >= 0.6 is 24.0 Å². The fraction of sp³-hybridized carbons (Fsp3) is 0.368. The summed E-state index contributed by atoms with van der Waals surface area (Å²) in [6.07, 6.45) is 7.22. The van der Waals surface area contributed by atoms with E-state index in [1.807, 2.05) is 28.8 Å². The summed E-state index contributed by atoms with van der Waals surface area (Å²) in [5.41, 5.74) is 3.02. The van der Waals surface area contributed by atoms with E-state index in [4.69, 9.17) is 4.42 Å². The number of aliphatic imine (C=N–C) groups is 1. The third-order valence-corrected chi connectivity index (χ3v) is 4.11. The zero-order valence-electron chi connectivity index (χ0n) is 16.1. The standard InChI is InChI=1S/C19H25N7O.HI/c1-15-5-7-16(8-6-15)18-25-17(12-27-18)11-22-19(20-2)21-9-3-4-10-26-13-23-24-14-26;/h5-8,12-14H,3-4,9-11H2,1-2H3,(H2,20,21,22);1H. The number of aromatic nitrogens is 4. The van der Waals surface area contributed by atoms with E-state index in [0.717, 1.165) is 43.1 Å². The van der Waals surface area contributed by atoms with Gasteiger partial charge in [-0.15, -0.1) is 34.2 Å². The predicted octanol–water partition coefficient (Wildman–Crippen LogP) is 3.00. The van der Waals surface area contributed by atoms with Crippen molar-refractivity contribution >= 4 is 29.9 Å². The number of unbranched alkanes of at least 4 members (excludes halogenated alkanes) is 1. The van der Waals surface area contributed by atoms with Crippen LogP contribution in [0.5, 0.6) is 0 Å². The number of hydrogen-bond acceptors (Lipinski definition) is 5. The Kier molecular flexibility index (Phi) is 8.92. The summed E-state index contributed by atoms with van der Waals surface area (Å²) in [6, 6.07) is 8.12. The Hall–Kier alpha value is -2.43. The van der Waals surface area contributed by atoms with Crippen molar-refractivity contribution in [1.82, 2.24) is 30.4 Å². The highest BCUT2D eigenvalue weighted by Gasteiger charge is 2.07. The quantitative estimate of drug-likeness (QED) is 0.216. The van der Waals surface area contributed by atoms with Crippen molar-refractivity contribution in [2.45, 2.75) is 32.9 Å². The number of benzene rings is 1. The lowest BCUT2D eigenvalue weighted by atomic mass is 10.1. The molecule has 150 valence electrons. The number of oxazole rings is 1. The van der Waals surface area contributed by atoms with E-state index < -0.39 is 0 Å². The van der Waals surface area contributed by atoms with Crippen molar-refractivity contribution in [2.75, 3.05) is 13.6 Å². The molecule has 2 heterocycles. The molecule has 8 nitrogen and oxygen atoms in total. The van der Waals surface area contributed by atoms with Crippen molar-refractivity contribution in [3.63, 3.8) is 0 Å². The number of nitrogens with one attached hydrogen (secondary N) is 2. The maximum Gasteiger partial charge on any atom is 0.226 e. The molecule has 0 bridgehead atoms. The molecule has 3 aromatic rings. The maximum atomic E-state index is 5.58. The van der Waals surface area contributed by atoms with Crippen molar-refractivity contribution < 1.29 is 4.42 Å². The molecular weight excluding hydrogens is 469 g/mol. The monoisotopic (exact) mass is 495 g/mol. The van der Waals surface area contributed by atoms with E-state index in [0.29, 0.717) is 12.4 Å². The zero-order valence-corrected chi connectivity index (χ0v) is 18.5. The van der Waals surface area contributed by atoms with Gasteiger partial charge in [0.25, 0.3) is 0 Å². The average molecular weight is 495 g/mol. The van der Waals surface area contributed by atoms with Crippen LogP contribution in [0, 0.1) is 6.92 Å². The minimum atomic E-state index is 0. The van der Waals surface area contributed by atoms with Crippen LogP contribution in [0.2, 0.25) is 0 Å². The second kappa shape index (κ2) is 11.4. The molecule has 28 heavy (non-hydrogen) atoms. The van der Waals surface area contributed by atoms with Crippen molar-refractivity contribution in [2.24, 2.45) is 4.99 Å². The molecule has 0 radical (unpaired) electrons. The Bertz CT molecular complexity index is 844. The number of rotatable bonds is 8. The fourth-order valence-electron chi connectivity index (χ4n) is 2.58. The summed E-state index contributed by atoms with van der Waals surface area (Å²) >= 11 is 0. The number of hydrogen-bond donors (Lipinski definition) is 2. The lowest BCUT2D eigenvalue weighted by molar-refractivity contribution is 0.572. The summed E-state index contributed by atoms with van der Waals surface area (Å²) in [4.78, 5) is 8.76. The SMILES string of the molecule is CN=C(NCCCCn1cnnc1)NCc1coc(-c2ccc(C)cc2)n1.I. The van der Waals surface area contributed by atoms with Gasteiger partial charge in [-0.2, -0.15) is 0 Å². The molecule has 0 fully saturated rings. The van der Waals surface area contributed by atoms with Crippen LogP contribution in [0.4, 0.5) is 0 Å². The van der Waals surface area contributed by atoms with Crippen molar-refractivity contribution in [1.29, 1.82) is 0 Å². The van der Waals surface area contributed by atoms with E-state index in [1.165, 1.54) is 5.56 Å². The van der Waals surface area contributed by atoms with Gasteiger partial charge >= 0.3 is 0 Å². The number of aryl methyl sites for hydroxylation is 2. The van der Waals surface area contributed by atoms with E-state index in [9.17, 15) is 0 Å². The molecule has 2 N–H and O–H groups in total. The average Bonchev–Trinajstić information content (AvgIpc) is 3.36. The third-order valence-electron chi connectivity index (χ3n) is 4.11. The van der Waals surface area contributed by atoms with Gasteiger partial charge in [0.15, 0.2) is 5.96 Å². The highest BCUT2D eigenvalue weighted by molar-refractivity contribution is 14.0. The topological polar surface area (TPSA) is 93.2 Å². The first kappa shape index (κ1) is 21.9. The van der Waals surface area contributed by atoms with Crippen LogP contribution in [0.3, 0.4) is 0 Å². The molecule has 0 aliphatic carbocycles. The van der Waals surface area contributed by atoms with Gasteiger partial charge in [0.2, 0.25) is 5.89 Å². The van der Waals surface area contributed by atoms with E-state index in [1.54, 1.807) is 26.0 Å². The second-order valence-electron chi connectivity index (χ2n) is 6.27. The van der Waals surface area contributed by atoms with Crippen LogP contribution in [0.1, 0.15) is 24.1 Å². The second-order valence-corrected chi connectivity index (χ2v) is 6.27. The first-order chi connectivity index (χ1) is 13.2. The van der Waals surface area contributed by atoms with Gasteiger partial charge in [-0.1, -0.05) is 17.7 Å². The Morgan fingerprint density at radius 3 is 2.57 bits per heavy atom. The first-order valence-corrected chi connectivity index (χ1v) is 9.03. The highest BCUT2D eigenvalue weighted by atomic mass is 127. The smallest absolute Gasteiger partial charge is 0.226 e. The van der Waals surface area contributed by atoms with Gasteiger partial charge in [-0.3, -0.25) is 4.99 Å². The molecule has 0 unspecified atom stereocenters. The number of halogens is 1. The lowest BCUT2D eigenvalue weighted by Crippen LogP contribution is -2.37.